The van der Waals surface area contributed by atoms with Crippen molar-refractivity contribution in [3.63, 3.8) is 0 Å². The van der Waals surface area contributed by atoms with Crippen LogP contribution < -0.4 is 10.1 Å². The van der Waals surface area contributed by atoms with E-state index in [1.807, 2.05) is 30.3 Å². The molecule has 3 heteroatoms. The Hall–Kier alpha value is -1.06. The van der Waals surface area contributed by atoms with Gasteiger partial charge in [0.15, 0.2) is 0 Å². The Morgan fingerprint density at radius 2 is 2.06 bits per heavy atom. The highest BCUT2D eigenvalue weighted by atomic mass is 16.5. The fourth-order valence-corrected chi connectivity index (χ4v) is 1.99. The highest BCUT2D eigenvalue weighted by Crippen LogP contribution is 2.08. The fraction of sp³-hybridized carbons (Fsp3) is 0.571. The third-order valence-electron chi connectivity index (χ3n) is 2.93. The third-order valence-corrected chi connectivity index (χ3v) is 2.93. The van der Waals surface area contributed by atoms with Crippen molar-refractivity contribution in [3.05, 3.63) is 30.3 Å². The number of hydrogen-bond donors (Lipinski definition) is 1. The molecule has 1 aliphatic heterocycles. The molecule has 0 radical (unpaired) electrons. The Bertz CT molecular complexity index is 296. The summed E-state index contributed by atoms with van der Waals surface area (Å²) in [4.78, 5) is 0. The predicted molar refractivity (Wildman–Crippen MR) is 68.4 cm³/mol. The second kappa shape index (κ2) is 7.30. The first-order chi connectivity index (χ1) is 8.45. The van der Waals surface area contributed by atoms with Crippen LogP contribution in [0.15, 0.2) is 30.3 Å². The van der Waals surface area contributed by atoms with Crippen LogP contribution in [0, 0.1) is 0 Å². The van der Waals surface area contributed by atoms with Crippen LogP contribution in [0.4, 0.5) is 0 Å². The molecule has 1 aromatic carbocycles. The lowest BCUT2D eigenvalue weighted by Crippen LogP contribution is -2.27. The van der Waals surface area contributed by atoms with E-state index >= 15 is 0 Å². The lowest BCUT2D eigenvalue weighted by atomic mass is 10.2. The maximum absolute atomic E-state index is 5.61. The van der Waals surface area contributed by atoms with Gasteiger partial charge in [0, 0.05) is 19.1 Å². The van der Waals surface area contributed by atoms with Gasteiger partial charge < -0.3 is 14.8 Å². The molecule has 0 saturated carbocycles. The van der Waals surface area contributed by atoms with Crippen molar-refractivity contribution in [3.8, 4) is 5.75 Å². The Morgan fingerprint density at radius 1 is 1.18 bits per heavy atom. The number of ether oxygens (including phenoxy) is 2. The standard InChI is InChI=1S/C14H21NO2/c1-2-7-14(8-3-1)17-11-5-10-16-12-13-6-4-9-15-13/h1-3,7-8,13,15H,4-6,9-12H2. The molecule has 2 rings (SSSR count). The van der Waals surface area contributed by atoms with E-state index < -0.39 is 0 Å². The molecule has 1 aliphatic rings. The summed E-state index contributed by atoms with van der Waals surface area (Å²) in [6.45, 7) is 3.49. The molecule has 1 N–H and O–H groups in total. The van der Waals surface area contributed by atoms with Crippen LogP contribution in [0.25, 0.3) is 0 Å². The number of nitrogens with one attached hydrogen (secondary N) is 1. The molecule has 0 aliphatic carbocycles. The fourth-order valence-electron chi connectivity index (χ4n) is 1.99. The summed E-state index contributed by atoms with van der Waals surface area (Å²) in [5.74, 6) is 0.935. The minimum atomic E-state index is 0.574. The molecule has 0 amide bonds. The Morgan fingerprint density at radius 3 is 2.82 bits per heavy atom. The third kappa shape index (κ3) is 4.75. The molecule has 1 atom stereocenters. The smallest absolute Gasteiger partial charge is 0.119 e. The SMILES string of the molecule is c1ccc(OCCCOCC2CCCN2)cc1. The first-order valence-corrected chi connectivity index (χ1v) is 6.44. The molecule has 1 heterocycles. The summed E-state index contributed by atoms with van der Waals surface area (Å²) < 4.78 is 11.2. The number of benzene rings is 1. The van der Waals surface area contributed by atoms with Crippen molar-refractivity contribution in [1.29, 1.82) is 0 Å². The van der Waals surface area contributed by atoms with Gasteiger partial charge >= 0.3 is 0 Å². The van der Waals surface area contributed by atoms with E-state index in [2.05, 4.69) is 5.32 Å². The summed E-state index contributed by atoms with van der Waals surface area (Å²) in [7, 11) is 0. The quantitative estimate of drug-likeness (QED) is 0.735. The maximum atomic E-state index is 5.61. The van der Waals surface area contributed by atoms with E-state index in [0.717, 1.165) is 38.5 Å². The van der Waals surface area contributed by atoms with Crippen LogP contribution in [-0.2, 0) is 4.74 Å². The average molecular weight is 235 g/mol. The second-order valence-corrected chi connectivity index (χ2v) is 4.38. The normalized spacial score (nSPS) is 19.4. The largest absolute Gasteiger partial charge is 0.494 e. The van der Waals surface area contributed by atoms with Gasteiger partial charge in [-0.2, -0.15) is 0 Å². The summed E-state index contributed by atoms with van der Waals surface area (Å²) in [5, 5.41) is 3.42. The minimum absolute atomic E-state index is 0.574. The first-order valence-electron chi connectivity index (χ1n) is 6.44. The van der Waals surface area contributed by atoms with Crippen LogP contribution in [0.2, 0.25) is 0 Å². The Kier molecular flexibility index (Phi) is 5.33. The molecular formula is C14H21NO2. The van der Waals surface area contributed by atoms with Gasteiger partial charge in [0.2, 0.25) is 0 Å². The summed E-state index contributed by atoms with van der Waals surface area (Å²) in [6.07, 6.45) is 3.48. The van der Waals surface area contributed by atoms with Gasteiger partial charge in [-0.1, -0.05) is 18.2 Å². The number of rotatable bonds is 7. The van der Waals surface area contributed by atoms with Crippen molar-refractivity contribution in [2.24, 2.45) is 0 Å². The van der Waals surface area contributed by atoms with E-state index in [0.29, 0.717) is 6.04 Å². The van der Waals surface area contributed by atoms with Crippen molar-refractivity contribution in [1.82, 2.24) is 5.32 Å². The average Bonchev–Trinajstić information content (AvgIpc) is 2.88. The van der Waals surface area contributed by atoms with E-state index in [1.165, 1.54) is 12.8 Å². The topological polar surface area (TPSA) is 30.5 Å². The van der Waals surface area contributed by atoms with Crippen molar-refractivity contribution < 1.29 is 9.47 Å². The first kappa shape index (κ1) is 12.4. The number of hydrogen-bond acceptors (Lipinski definition) is 3. The monoisotopic (exact) mass is 235 g/mol. The predicted octanol–water partition coefficient (Wildman–Crippen LogP) is 2.22. The van der Waals surface area contributed by atoms with Crippen molar-refractivity contribution in [2.45, 2.75) is 25.3 Å². The Labute approximate surface area is 103 Å². The van der Waals surface area contributed by atoms with Crippen molar-refractivity contribution >= 4 is 0 Å². The summed E-state index contributed by atoms with van der Waals surface area (Å²) in [5.41, 5.74) is 0. The molecule has 1 aromatic rings. The van der Waals surface area contributed by atoms with Crippen LogP contribution >= 0.6 is 0 Å². The van der Waals surface area contributed by atoms with Gasteiger partial charge in [0.05, 0.1) is 13.2 Å². The minimum Gasteiger partial charge on any atom is -0.494 e. The zero-order chi connectivity index (χ0) is 11.8. The molecule has 0 aromatic heterocycles. The van der Waals surface area contributed by atoms with E-state index in [4.69, 9.17) is 9.47 Å². The molecule has 94 valence electrons. The highest BCUT2D eigenvalue weighted by Gasteiger charge is 2.13. The van der Waals surface area contributed by atoms with Gasteiger partial charge in [-0.25, -0.2) is 0 Å². The van der Waals surface area contributed by atoms with Crippen LogP contribution in [-0.4, -0.2) is 32.4 Å². The van der Waals surface area contributed by atoms with E-state index in [9.17, 15) is 0 Å². The van der Waals surface area contributed by atoms with Crippen LogP contribution in [0.1, 0.15) is 19.3 Å². The van der Waals surface area contributed by atoms with Gasteiger partial charge in [0.1, 0.15) is 5.75 Å². The zero-order valence-electron chi connectivity index (χ0n) is 10.2. The van der Waals surface area contributed by atoms with Gasteiger partial charge in [0.25, 0.3) is 0 Å². The van der Waals surface area contributed by atoms with Crippen LogP contribution in [0.5, 0.6) is 5.75 Å². The maximum Gasteiger partial charge on any atom is 0.119 e. The lowest BCUT2D eigenvalue weighted by molar-refractivity contribution is 0.104. The molecule has 1 fully saturated rings. The molecule has 0 spiro atoms. The molecule has 0 bridgehead atoms. The van der Waals surface area contributed by atoms with Gasteiger partial charge in [-0.15, -0.1) is 0 Å². The summed E-state index contributed by atoms with van der Waals surface area (Å²) in [6, 6.07) is 10.5. The summed E-state index contributed by atoms with van der Waals surface area (Å²) >= 11 is 0. The van der Waals surface area contributed by atoms with Gasteiger partial charge in [-0.3, -0.25) is 0 Å². The molecule has 3 nitrogen and oxygen atoms in total. The number of para-hydroxylation sites is 1. The van der Waals surface area contributed by atoms with E-state index in [1.54, 1.807) is 0 Å². The second-order valence-electron chi connectivity index (χ2n) is 4.38. The molecule has 1 unspecified atom stereocenters. The lowest BCUT2D eigenvalue weighted by Gasteiger charge is -2.11. The highest BCUT2D eigenvalue weighted by molar-refractivity contribution is 5.20. The zero-order valence-corrected chi connectivity index (χ0v) is 10.2. The molecule has 17 heavy (non-hydrogen) atoms. The van der Waals surface area contributed by atoms with Gasteiger partial charge in [-0.05, 0) is 31.5 Å². The molecular weight excluding hydrogens is 214 g/mol. The van der Waals surface area contributed by atoms with E-state index in [-0.39, 0.29) is 0 Å². The Balaban J connectivity index is 1.46. The van der Waals surface area contributed by atoms with Crippen LogP contribution in [0.3, 0.4) is 0 Å². The molecule has 1 saturated heterocycles. The van der Waals surface area contributed by atoms with Crippen molar-refractivity contribution in [2.75, 3.05) is 26.4 Å².